The van der Waals surface area contributed by atoms with Gasteiger partial charge in [0.1, 0.15) is 18.0 Å². The normalized spacial score (nSPS) is 19.5. The molecule has 1 aromatic heterocycles. The van der Waals surface area contributed by atoms with Crippen LogP contribution < -0.4 is 15.5 Å². The van der Waals surface area contributed by atoms with Crippen LogP contribution in [-0.4, -0.2) is 43.2 Å². The Balaban J connectivity index is 1.99. The van der Waals surface area contributed by atoms with E-state index in [2.05, 4.69) is 38.5 Å². The molecule has 1 saturated heterocycles. The van der Waals surface area contributed by atoms with Crippen molar-refractivity contribution in [3.63, 3.8) is 0 Å². The summed E-state index contributed by atoms with van der Waals surface area (Å²) in [7, 11) is 2.02. The molecule has 1 fully saturated rings. The lowest BCUT2D eigenvalue weighted by atomic mass is 9.98. The minimum atomic E-state index is 0.723. The Morgan fingerprint density at radius 3 is 3.11 bits per heavy atom. The molecule has 1 aliphatic rings. The van der Waals surface area contributed by atoms with E-state index in [4.69, 9.17) is 0 Å². The number of anilines is 2. The van der Waals surface area contributed by atoms with Gasteiger partial charge < -0.3 is 15.5 Å². The fraction of sp³-hybridized carbons (Fsp3) is 0.714. The molecule has 106 valence electrons. The summed E-state index contributed by atoms with van der Waals surface area (Å²) in [5.41, 5.74) is 0. The first-order valence-corrected chi connectivity index (χ1v) is 7.29. The highest BCUT2D eigenvalue weighted by Crippen LogP contribution is 2.22. The highest BCUT2D eigenvalue weighted by Gasteiger charge is 2.20. The number of nitrogens with one attached hydrogen (secondary N) is 2. The zero-order valence-corrected chi connectivity index (χ0v) is 12.0. The van der Waals surface area contributed by atoms with Gasteiger partial charge in [0.05, 0.1) is 0 Å². The largest absolute Gasteiger partial charge is 0.370 e. The Kier molecular flexibility index (Phi) is 5.39. The zero-order valence-electron chi connectivity index (χ0n) is 12.0. The van der Waals surface area contributed by atoms with Gasteiger partial charge in [-0.1, -0.05) is 6.92 Å². The molecule has 1 aromatic rings. The summed E-state index contributed by atoms with van der Waals surface area (Å²) in [5.74, 6) is 2.71. The summed E-state index contributed by atoms with van der Waals surface area (Å²) in [6.07, 6.45) is 5.32. The number of rotatable bonds is 6. The molecule has 0 saturated carbocycles. The molecule has 0 spiro atoms. The molecular formula is C14H25N5. The van der Waals surface area contributed by atoms with Crippen LogP contribution in [0.15, 0.2) is 12.4 Å². The Morgan fingerprint density at radius 2 is 2.32 bits per heavy atom. The van der Waals surface area contributed by atoms with E-state index in [1.165, 1.54) is 12.8 Å². The first-order chi connectivity index (χ1) is 9.33. The minimum Gasteiger partial charge on any atom is -0.370 e. The molecule has 1 atom stereocenters. The molecule has 1 aliphatic heterocycles. The van der Waals surface area contributed by atoms with Crippen molar-refractivity contribution < 1.29 is 0 Å². The van der Waals surface area contributed by atoms with Crippen molar-refractivity contribution in [3.8, 4) is 0 Å². The number of nitrogens with zero attached hydrogens (tertiary/aromatic N) is 3. The Hall–Kier alpha value is -1.36. The van der Waals surface area contributed by atoms with Crippen LogP contribution in [-0.2, 0) is 0 Å². The molecule has 0 aliphatic carbocycles. The van der Waals surface area contributed by atoms with Gasteiger partial charge in [-0.15, -0.1) is 0 Å². The van der Waals surface area contributed by atoms with Gasteiger partial charge in [-0.05, 0) is 38.8 Å². The maximum atomic E-state index is 4.42. The zero-order chi connectivity index (χ0) is 13.5. The van der Waals surface area contributed by atoms with Crippen molar-refractivity contribution in [1.29, 1.82) is 0 Å². The number of aromatic nitrogens is 2. The number of piperidine rings is 1. The molecule has 19 heavy (non-hydrogen) atoms. The molecular weight excluding hydrogens is 238 g/mol. The van der Waals surface area contributed by atoms with E-state index < -0.39 is 0 Å². The maximum Gasteiger partial charge on any atom is 0.134 e. The third-order valence-electron chi connectivity index (χ3n) is 3.54. The molecule has 0 amide bonds. The first kappa shape index (κ1) is 14.1. The summed E-state index contributed by atoms with van der Waals surface area (Å²) < 4.78 is 0. The first-order valence-electron chi connectivity index (χ1n) is 7.29. The van der Waals surface area contributed by atoms with Crippen LogP contribution in [0.3, 0.4) is 0 Å². The van der Waals surface area contributed by atoms with E-state index in [0.29, 0.717) is 0 Å². The Labute approximate surface area is 115 Å². The molecule has 5 heteroatoms. The van der Waals surface area contributed by atoms with Gasteiger partial charge in [-0.3, -0.25) is 0 Å². The molecule has 5 nitrogen and oxygen atoms in total. The predicted octanol–water partition coefficient (Wildman–Crippen LogP) is 1.73. The fourth-order valence-corrected chi connectivity index (χ4v) is 2.60. The molecule has 2 N–H and O–H groups in total. The van der Waals surface area contributed by atoms with Crippen molar-refractivity contribution in [2.45, 2.75) is 26.2 Å². The third kappa shape index (κ3) is 4.06. The monoisotopic (exact) mass is 263 g/mol. The highest BCUT2D eigenvalue weighted by molar-refractivity contribution is 5.48. The molecule has 0 radical (unpaired) electrons. The van der Waals surface area contributed by atoms with Gasteiger partial charge in [-0.2, -0.15) is 0 Å². The maximum absolute atomic E-state index is 4.42. The van der Waals surface area contributed by atoms with E-state index >= 15 is 0 Å². The minimum absolute atomic E-state index is 0.723. The lowest BCUT2D eigenvalue weighted by Gasteiger charge is -2.33. The van der Waals surface area contributed by atoms with E-state index in [-0.39, 0.29) is 0 Å². The van der Waals surface area contributed by atoms with Crippen LogP contribution in [0.1, 0.15) is 26.2 Å². The van der Waals surface area contributed by atoms with Gasteiger partial charge in [-0.25, -0.2) is 9.97 Å². The summed E-state index contributed by atoms with van der Waals surface area (Å²) in [6.45, 7) is 6.39. The summed E-state index contributed by atoms with van der Waals surface area (Å²) in [4.78, 5) is 11.1. The van der Waals surface area contributed by atoms with Crippen LogP contribution >= 0.6 is 0 Å². The van der Waals surface area contributed by atoms with Crippen LogP contribution in [0.2, 0.25) is 0 Å². The summed E-state index contributed by atoms with van der Waals surface area (Å²) in [5, 5.41) is 6.60. The number of hydrogen-bond acceptors (Lipinski definition) is 5. The highest BCUT2D eigenvalue weighted by atomic mass is 15.2. The van der Waals surface area contributed by atoms with Crippen LogP contribution in [0.5, 0.6) is 0 Å². The average Bonchev–Trinajstić information content (AvgIpc) is 2.46. The topological polar surface area (TPSA) is 53.1 Å². The molecule has 2 rings (SSSR count). The van der Waals surface area contributed by atoms with E-state index in [1.807, 2.05) is 7.05 Å². The van der Waals surface area contributed by atoms with Crippen LogP contribution in [0.4, 0.5) is 11.6 Å². The van der Waals surface area contributed by atoms with Gasteiger partial charge in [0.25, 0.3) is 0 Å². The van der Waals surface area contributed by atoms with E-state index in [1.54, 1.807) is 6.33 Å². The fourth-order valence-electron chi connectivity index (χ4n) is 2.60. The third-order valence-corrected chi connectivity index (χ3v) is 3.54. The van der Waals surface area contributed by atoms with Crippen molar-refractivity contribution in [1.82, 2.24) is 15.3 Å². The van der Waals surface area contributed by atoms with Crippen LogP contribution in [0.25, 0.3) is 0 Å². The number of hydrogen-bond donors (Lipinski definition) is 2. The smallest absolute Gasteiger partial charge is 0.134 e. The van der Waals surface area contributed by atoms with Crippen molar-refractivity contribution in [2.24, 2.45) is 5.92 Å². The van der Waals surface area contributed by atoms with Gasteiger partial charge >= 0.3 is 0 Å². The lowest BCUT2D eigenvalue weighted by molar-refractivity contribution is 0.401. The second-order valence-electron chi connectivity index (χ2n) is 5.20. The predicted molar refractivity (Wildman–Crippen MR) is 79.7 cm³/mol. The standard InChI is InChI=1S/C14H25N5/c1-3-6-16-13-8-14(18-11-17-13)19-7-4-5-12(10-19)9-15-2/h8,11-12,15H,3-7,9-10H2,1-2H3,(H,16,17,18). The summed E-state index contributed by atoms with van der Waals surface area (Å²) >= 11 is 0. The van der Waals surface area contributed by atoms with Crippen molar-refractivity contribution in [3.05, 3.63) is 12.4 Å². The second kappa shape index (κ2) is 7.28. The van der Waals surface area contributed by atoms with E-state index in [0.717, 1.165) is 50.2 Å². The van der Waals surface area contributed by atoms with Crippen molar-refractivity contribution >= 4 is 11.6 Å². The Morgan fingerprint density at radius 1 is 1.42 bits per heavy atom. The van der Waals surface area contributed by atoms with E-state index in [9.17, 15) is 0 Å². The van der Waals surface area contributed by atoms with Gasteiger partial charge in [0, 0.05) is 25.7 Å². The second-order valence-corrected chi connectivity index (χ2v) is 5.20. The quantitative estimate of drug-likeness (QED) is 0.818. The lowest BCUT2D eigenvalue weighted by Crippen LogP contribution is -2.39. The van der Waals surface area contributed by atoms with Gasteiger partial charge in [0.15, 0.2) is 0 Å². The summed E-state index contributed by atoms with van der Waals surface area (Å²) in [6, 6.07) is 2.07. The van der Waals surface area contributed by atoms with Crippen LogP contribution in [0, 0.1) is 5.92 Å². The molecule has 0 bridgehead atoms. The SMILES string of the molecule is CCCNc1cc(N2CCCC(CNC)C2)ncn1. The Bertz CT molecular complexity index is 380. The van der Waals surface area contributed by atoms with Crippen molar-refractivity contribution in [2.75, 3.05) is 43.4 Å². The average molecular weight is 263 g/mol. The molecule has 0 aromatic carbocycles. The van der Waals surface area contributed by atoms with Gasteiger partial charge in [0.2, 0.25) is 0 Å². The molecule has 1 unspecified atom stereocenters. The molecule has 2 heterocycles.